The van der Waals surface area contributed by atoms with E-state index in [1.54, 1.807) is 13.8 Å². The molecular weight excluding hydrogens is 228 g/mol. The van der Waals surface area contributed by atoms with E-state index in [4.69, 9.17) is 15.9 Å². The molecule has 1 amide bonds. The maximum absolute atomic E-state index is 11.5. The van der Waals surface area contributed by atoms with Crippen LogP contribution in [-0.4, -0.2) is 40.1 Å². The SMILES string of the molecule is CC(C)[C@H](N)C(=O)NC(CCC(=O)O)C(=O)O. The number of carbonyl (C=O) groups excluding carboxylic acids is 1. The molecule has 17 heavy (non-hydrogen) atoms. The molecule has 0 heterocycles. The number of nitrogens with one attached hydrogen (secondary N) is 1. The van der Waals surface area contributed by atoms with E-state index in [0.29, 0.717) is 0 Å². The van der Waals surface area contributed by atoms with Gasteiger partial charge in [-0.1, -0.05) is 13.8 Å². The molecule has 0 rings (SSSR count). The molecule has 0 spiro atoms. The van der Waals surface area contributed by atoms with Crippen LogP contribution in [0.4, 0.5) is 0 Å². The molecule has 5 N–H and O–H groups in total. The lowest BCUT2D eigenvalue weighted by atomic mass is 10.0. The molecule has 2 atom stereocenters. The minimum Gasteiger partial charge on any atom is -0.481 e. The molecule has 0 saturated carbocycles. The topological polar surface area (TPSA) is 130 Å². The Kier molecular flexibility index (Phi) is 6.19. The van der Waals surface area contributed by atoms with Crippen LogP contribution in [-0.2, 0) is 14.4 Å². The summed E-state index contributed by atoms with van der Waals surface area (Å²) >= 11 is 0. The van der Waals surface area contributed by atoms with Gasteiger partial charge >= 0.3 is 11.9 Å². The second-order valence-corrected chi connectivity index (χ2v) is 4.10. The summed E-state index contributed by atoms with van der Waals surface area (Å²) in [6.45, 7) is 3.47. The van der Waals surface area contributed by atoms with E-state index in [2.05, 4.69) is 5.32 Å². The van der Waals surface area contributed by atoms with E-state index in [0.717, 1.165) is 0 Å². The van der Waals surface area contributed by atoms with Crippen LogP contribution in [0.2, 0.25) is 0 Å². The van der Waals surface area contributed by atoms with E-state index in [9.17, 15) is 14.4 Å². The zero-order valence-electron chi connectivity index (χ0n) is 9.84. The molecule has 0 saturated heterocycles. The van der Waals surface area contributed by atoms with Gasteiger partial charge in [-0.25, -0.2) is 4.79 Å². The Bertz CT molecular complexity index is 303. The molecule has 0 bridgehead atoms. The third-order valence-corrected chi connectivity index (χ3v) is 2.28. The summed E-state index contributed by atoms with van der Waals surface area (Å²) < 4.78 is 0. The molecule has 0 aliphatic heterocycles. The molecule has 7 heteroatoms. The van der Waals surface area contributed by atoms with Crippen molar-refractivity contribution in [2.45, 2.75) is 38.8 Å². The van der Waals surface area contributed by atoms with Crippen molar-refractivity contribution in [3.8, 4) is 0 Å². The maximum Gasteiger partial charge on any atom is 0.326 e. The number of rotatable bonds is 7. The van der Waals surface area contributed by atoms with E-state index in [-0.39, 0.29) is 18.8 Å². The summed E-state index contributed by atoms with van der Waals surface area (Å²) in [4.78, 5) is 32.6. The highest BCUT2D eigenvalue weighted by atomic mass is 16.4. The third kappa shape index (κ3) is 5.86. The maximum atomic E-state index is 11.5. The summed E-state index contributed by atoms with van der Waals surface area (Å²) in [7, 11) is 0. The predicted octanol–water partition coefficient (Wildman–Crippen LogP) is -0.596. The second kappa shape index (κ2) is 6.85. The summed E-state index contributed by atoms with van der Waals surface area (Å²) in [5, 5.41) is 19.5. The number of nitrogens with two attached hydrogens (primary N) is 1. The summed E-state index contributed by atoms with van der Waals surface area (Å²) in [5.41, 5.74) is 5.54. The second-order valence-electron chi connectivity index (χ2n) is 4.10. The van der Waals surface area contributed by atoms with Gasteiger partial charge < -0.3 is 21.3 Å². The summed E-state index contributed by atoms with van der Waals surface area (Å²) in [6, 6.07) is -2.02. The Labute approximate surface area is 99.0 Å². The highest BCUT2D eigenvalue weighted by molar-refractivity contribution is 5.87. The highest BCUT2D eigenvalue weighted by Gasteiger charge is 2.25. The first-order valence-corrected chi connectivity index (χ1v) is 5.26. The van der Waals surface area contributed by atoms with Crippen molar-refractivity contribution in [1.82, 2.24) is 5.32 Å². The van der Waals surface area contributed by atoms with Crippen LogP contribution >= 0.6 is 0 Å². The predicted molar refractivity (Wildman–Crippen MR) is 59.2 cm³/mol. The van der Waals surface area contributed by atoms with E-state index >= 15 is 0 Å². The molecule has 7 nitrogen and oxygen atoms in total. The van der Waals surface area contributed by atoms with Crippen LogP contribution in [0.15, 0.2) is 0 Å². The first kappa shape index (κ1) is 15.4. The normalized spacial score (nSPS) is 14.1. The van der Waals surface area contributed by atoms with Gasteiger partial charge in [0.2, 0.25) is 5.91 Å². The fourth-order valence-corrected chi connectivity index (χ4v) is 1.10. The first-order valence-electron chi connectivity index (χ1n) is 5.26. The zero-order chi connectivity index (χ0) is 13.6. The smallest absolute Gasteiger partial charge is 0.326 e. The Morgan fingerprint density at radius 1 is 1.24 bits per heavy atom. The number of amides is 1. The Balaban J connectivity index is 4.39. The lowest BCUT2D eigenvalue weighted by Crippen LogP contribution is -2.50. The minimum absolute atomic E-state index is 0.121. The zero-order valence-corrected chi connectivity index (χ0v) is 9.84. The van der Waals surface area contributed by atoms with Crippen molar-refractivity contribution in [3.63, 3.8) is 0 Å². The standard InChI is InChI=1S/C10H18N2O5/c1-5(2)8(11)9(15)12-6(10(16)17)3-4-7(13)14/h5-6,8H,3-4,11H2,1-2H3,(H,12,15)(H,13,14)(H,16,17)/t6?,8-/m0/s1. The molecule has 0 aromatic carbocycles. The van der Waals surface area contributed by atoms with Crippen LogP contribution in [0.5, 0.6) is 0 Å². The Morgan fingerprint density at radius 3 is 2.12 bits per heavy atom. The molecule has 0 radical (unpaired) electrons. The fourth-order valence-electron chi connectivity index (χ4n) is 1.10. The molecule has 1 unspecified atom stereocenters. The average molecular weight is 246 g/mol. The van der Waals surface area contributed by atoms with Gasteiger partial charge in [0.25, 0.3) is 0 Å². The van der Waals surface area contributed by atoms with Gasteiger partial charge in [-0.3, -0.25) is 9.59 Å². The summed E-state index contributed by atoms with van der Waals surface area (Å²) in [5.74, 6) is -3.09. The number of hydrogen-bond acceptors (Lipinski definition) is 4. The van der Waals surface area contributed by atoms with Gasteiger partial charge in [0.15, 0.2) is 0 Å². The van der Waals surface area contributed by atoms with Crippen molar-refractivity contribution in [3.05, 3.63) is 0 Å². The van der Waals surface area contributed by atoms with Crippen molar-refractivity contribution in [2.24, 2.45) is 11.7 Å². The number of carbonyl (C=O) groups is 3. The van der Waals surface area contributed by atoms with Crippen LogP contribution in [0, 0.1) is 5.92 Å². The first-order chi connectivity index (χ1) is 7.75. The van der Waals surface area contributed by atoms with Gasteiger partial charge in [-0.05, 0) is 12.3 Å². The summed E-state index contributed by atoms with van der Waals surface area (Å²) in [6.07, 6.45) is -0.491. The lowest BCUT2D eigenvalue weighted by molar-refractivity contribution is -0.143. The van der Waals surface area contributed by atoms with Crippen molar-refractivity contribution in [1.29, 1.82) is 0 Å². The van der Waals surface area contributed by atoms with Gasteiger partial charge in [-0.2, -0.15) is 0 Å². The molecule has 98 valence electrons. The Hall–Kier alpha value is -1.63. The number of aliphatic carboxylic acids is 2. The largest absolute Gasteiger partial charge is 0.481 e. The number of carboxylic acid groups (broad SMARTS) is 2. The van der Waals surface area contributed by atoms with Crippen LogP contribution in [0.3, 0.4) is 0 Å². The minimum atomic E-state index is -1.27. The van der Waals surface area contributed by atoms with Gasteiger partial charge in [0.05, 0.1) is 6.04 Å². The highest BCUT2D eigenvalue weighted by Crippen LogP contribution is 2.02. The van der Waals surface area contributed by atoms with E-state index in [1.165, 1.54) is 0 Å². The van der Waals surface area contributed by atoms with Crippen LogP contribution < -0.4 is 11.1 Å². The van der Waals surface area contributed by atoms with Crippen molar-refractivity contribution >= 4 is 17.8 Å². The molecule has 0 aromatic rings. The van der Waals surface area contributed by atoms with Gasteiger partial charge in [-0.15, -0.1) is 0 Å². The van der Waals surface area contributed by atoms with E-state index in [1.807, 2.05) is 0 Å². The number of hydrogen-bond donors (Lipinski definition) is 4. The molecule has 0 aromatic heterocycles. The van der Waals surface area contributed by atoms with Crippen molar-refractivity contribution < 1.29 is 24.6 Å². The number of carboxylic acids is 2. The van der Waals surface area contributed by atoms with Crippen LogP contribution in [0.1, 0.15) is 26.7 Å². The van der Waals surface area contributed by atoms with E-state index < -0.39 is 29.9 Å². The average Bonchev–Trinajstić information content (AvgIpc) is 2.21. The lowest BCUT2D eigenvalue weighted by Gasteiger charge is -2.19. The molecule has 0 aliphatic rings. The monoisotopic (exact) mass is 246 g/mol. The van der Waals surface area contributed by atoms with Gasteiger partial charge in [0.1, 0.15) is 6.04 Å². The fraction of sp³-hybridized carbons (Fsp3) is 0.700. The molecular formula is C10H18N2O5. The third-order valence-electron chi connectivity index (χ3n) is 2.28. The quantitative estimate of drug-likeness (QED) is 0.474. The molecule has 0 fully saturated rings. The Morgan fingerprint density at radius 2 is 1.76 bits per heavy atom. The molecule has 0 aliphatic carbocycles. The van der Waals surface area contributed by atoms with Crippen LogP contribution in [0.25, 0.3) is 0 Å². The van der Waals surface area contributed by atoms with Gasteiger partial charge in [0, 0.05) is 6.42 Å². The van der Waals surface area contributed by atoms with Crippen molar-refractivity contribution in [2.75, 3.05) is 0 Å².